The molecule has 4 nitrogen and oxygen atoms in total. The smallest absolute Gasteiger partial charge is 0.327 e. The van der Waals surface area contributed by atoms with E-state index in [1.54, 1.807) is 28.0 Å². The lowest BCUT2D eigenvalue weighted by atomic mass is 9.88. The summed E-state index contributed by atoms with van der Waals surface area (Å²) < 4.78 is 0. The molecule has 114 valence electrons. The third kappa shape index (κ3) is 2.83. The molecule has 0 spiro atoms. The van der Waals surface area contributed by atoms with Gasteiger partial charge in [-0.2, -0.15) is 11.8 Å². The maximum atomic E-state index is 12.8. The molecule has 0 radical (unpaired) electrons. The fourth-order valence-corrected chi connectivity index (χ4v) is 5.34. The number of carboxylic acid groups (broad SMARTS) is 1. The number of nitrogens with zero attached hydrogens (tertiary/aromatic N) is 1. The van der Waals surface area contributed by atoms with E-state index in [0.29, 0.717) is 18.2 Å². The Labute approximate surface area is 132 Å². The number of thioether (sulfide) groups is 1. The fourth-order valence-electron chi connectivity index (χ4n) is 3.06. The van der Waals surface area contributed by atoms with Crippen LogP contribution in [-0.4, -0.2) is 46.0 Å². The second kappa shape index (κ2) is 6.01. The van der Waals surface area contributed by atoms with Crippen LogP contribution in [0, 0.1) is 5.92 Å². The lowest BCUT2D eigenvalue weighted by Crippen LogP contribution is -2.50. The molecule has 0 aromatic carbocycles. The van der Waals surface area contributed by atoms with Crippen LogP contribution in [0.1, 0.15) is 34.1 Å². The molecule has 1 aromatic heterocycles. The van der Waals surface area contributed by atoms with E-state index in [1.807, 2.05) is 5.38 Å². The van der Waals surface area contributed by atoms with Gasteiger partial charge in [-0.15, -0.1) is 11.3 Å². The minimum atomic E-state index is -0.895. The maximum absolute atomic E-state index is 12.8. The first-order chi connectivity index (χ1) is 10.1. The molecule has 1 aromatic rings. The maximum Gasteiger partial charge on any atom is 0.327 e. The van der Waals surface area contributed by atoms with E-state index in [0.717, 1.165) is 30.6 Å². The summed E-state index contributed by atoms with van der Waals surface area (Å²) >= 11 is 3.26. The highest BCUT2D eigenvalue weighted by Crippen LogP contribution is 2.34. The number of carboxylic acids is 1. The van der Waals surface area contributed by atoms with Gasteiger partial charge in [0, 0.05) is 28.3 Å². The number of carbonyl (C=O) groups is 2. The van der Waals surface area contributed by atoms with E-state index in [4.69, 9.17) is 0 Å². The van der Waals surface area contributed by atoms with Crippen LogP contribution in [0.2, 0.25) is 0 Å². The van der Waals surface area contributed by atoms with Crippen LogP contribution in [0.3, 0.4) is 0 Å². The highest BCUT2D eigenvalue weighted by molar-refractivity contribution is 7.99. The number of thiophene rings is 1. The Balaban J connectivity index is 1.86. The molecule has 3 rings (SSSR count). The molecule has 1 N–H and O–H groups in total. The van der Waals surface area contributed by atoms with Gasteiger partial charge in [-0.05, 0) is 30.7 Å². The van der Waals surface area contributed by atoms with Crippen molar-refractivity contribution in [1.29, 1.82) is 0 Å². The third-order valence-electron chi connectivity index (χ3n) is 4.31. The minimum absolute atomic E-state index is 0.0882. The summed E-state index contributed by atoms with van der Waals surface area (Å²) in [6.07, 6.45) is 3.11. The molecule has 1 amide bonds. The van der Waals surface area contributed by atoms with E-state index in [-0.39, 0.29) is 5.91 Å². The SMILES string of the molecule is CC1CCc2c(C(=O)N3CCSCC3C(=O)O)csc2C1. The van der Waals surface area contributed by atoms with Crippen LogP contribution in [0.5, 0.6) is 0 Å². The molecule has 2 atom stereocenters. The largest absolute Gasteiger partial charge is 0.480 e. The van der Waals surface area contributed by atoms with Crippen LogP contribution in [0.25, 0.3) is 0 Å². The molecular weight excluding hydrogens is 306 g/mol. The average Bonchev–Trinajstić information content (AvgIpc) is 2.89. The Morgan fingerprint density at radius 3 is 3.00 bits per heavy atom. The summed E-state index contributed by atoms with van der Waals surface area (Å²) in [5.74, 6) is 1.00. The zero-order valence-corrected chi connectivity index (χ0v) is 13.6. The second-order valence-electron chi connectivity index (χ2n) is 5.83. The lowest BCUT2D eigenvalue weighted by molar-refractivity contribution is -0.141. The van der Waals surface area contributed by atoms with E-state index in [9.17, 15) is 14.7 Å². The molecule has 1 aliphatic heterocycles. The molecular formula is C15H19NO3S2. The zero-order valence-electron chi connectivity index (χ0n) is 12.0. The van der Waals surface area contributed by atoms with Crippen molar-refractivity contribution in [1.82, 2.24) is 4.90 Å². The Bertz CT molecular complexity index is 569. The quantitative estimate of drug-likeness (QED) is 0.908. The van der Waals surface area contributed by atoms with Crippen molar-refractivity contribution in [2.24, 2.45) is 5.92 Å². The van der Waals surface area contributed by atoms with Gasteiger partial charge in [0.25, 0.3) is 5.91 Å². The predicted octanol–water partition coefficient (Wildman–Crippen LogP) is 2.52. The van der Waals surface area contributed by atoms with E-state index >= 15 is 0 Å². The van der Waals surface area contributed by atoms with Gasteiger partial charge in [-0.1, -0.05) is 6.92 Å². The fraction of sp³-hybridized carbons (Fsp3) is 0.600. The van der Waals surface area contributed by atoms with Crippen LogP contribution in [0.15, 0.2) is 5.38 Å². The molecule has 1 fully saturated rings. The van der Waals surface area contributed by atoms with Gasteiger partial charge >= 0.3 is 5.97 Å². The van der Waals surface area contributed by atoms with Crippen molar-refractivity contribution in [2.75, 3.05) is 18.1 Å². The normalized spacial score (nSPS) is 25.5. The minimum Gasteiger partial charge on any atom is -0.480 e. The van der Waals surface area contributed by atoms with Gasteiger partial charge in [0.15, 0.2) is 0 Å². The average molecular weight is 325 g/mol. The summed E-state index contributed by atoms with van der Waals surface area (Å²) in [7, 11) is 0. The van der Waals surface area contributed by atoms with Gasteiger partial charge in [0.2, 0.25) is 0 Å². The number of hydrogen-bond donors (Lipinski definition) is 1. The molecule has 2 heterocycles. The summed E-state index contributed by atoms with van der Waals surface area (Å²) in [4.78, 5) is 27.0. The van der Waals surface area contributed by atoms with Gasteiger partial charge in [-0.25, -0.2) is 4.79 Å². The number of hydrogen-bond acceptors (Lipinski definition) is 4. The Morgan fingerprint density at radius 2 is 2.24 bits per heavy atom. The number of amides is 1. The Kier molecular flexibility index (Phi) is 4.26. The van der Waals surface area contributed by atoms with E-state index < -0.39 is 12.0 Å². The predicted molar refractivity (Wildman–Crippen MR) is 85.3 cm³/mol. The number of carbonyl (C=O) groups excluding carboxylic acids is 1. The molecule has 2 unspecified atom stereocenters. The molecule has 1 aliphatic carbocycles. The van der Waals surface area contributed by atoms with Crippen molar-refractivity contribution in [3.05, 3.63) is 21.4 Å². The van der Waals surface area contributed by atoms with Crippen molar-refractivity contribution < 1.29 is 14.7 Å². The Morgan fingerprint density at radius 1 is 1.43 bits per heavy atom. The zero-order chi connectivity index (χ0) is 15.0. The van der Waals surface area contributed by atoms with Crippen molar-refractivity contribution in [2.45, 2.75) is 32.2 Å². The highest BCUT2D eigenvalue weighted by Gasteiger charge is 2.35. The topological polar surface area (TPSA) is 57.6 Å². The van der Waals surface area contributed by atoms with Crippen molar-refractivity contribution >= 4 is 35.0 Å². The van der Waals surface area contributed by atoms with Gasteiger partial charge < -0.3 is 10.0 Å². The molecule has 21 heavy (non-hydrogen) atoms. The number of fused-ring (bicyclic) bond motifs is 1. The first-order valence-corrected chi connectivity index (χ1v) is 9.32. The summed E-state index contributed by atoms with van der Waals surface area (Å²) in [6, 6.07) is -0.686. The number of rotatable bonds is 2. The second-order valence-corrected chi connectivity index (χ2v) is 7.94. The highest BCUT2D eigenvalue weighted by atomic mass is 32.2. The summed E-state index contributed by atoms with van der Waals surface area (Å²) in [6.45, 7) is 2.77. The van der Waals surface area contributed by atoms with Crippen LogP contribution in [-0.2, 0) is 17.6 Å². The van der Waals surface area contributed by atoms with E-state index in [1.165, 1.54) is 10.4 Å². The van der Waals surface area contributed by atoms with Gasteiger partial charge in [0.05, 0.1) is 5.56 Å². The van der Waals surface area contributed by atoms with Crippen molar-refractivity contribution in [3.63, 3.8) is 0 Å². The standard InChI is InChI=1S/C15H19NO3S2/c1-9-2-3-10-11(7-21-13(10)6-9)14(17)16-4-5-20-8-12(16)15(18)19/h7,9,12H,2-6,8H2,1H3,(H,18,19). The summed E-state index contributed by atoms with van der Waals surface area (Å²) in [5, 5.41) is 11.3. The molecule has 0 bridgehead atoms. The molecule has 6 heteroatoms. The van der Waals surface area contributed by atoms with Crippen LogP contribution >= 0.6 is 23.1 Å². The van der Waals surface area contributed by atoms with Crippen LogP contribution in [0.4, 0.5) is 0 Å². The molecule has 1 saturated heterocycles. The monoisotopic (exact) mass is 325 g/mol. The summed E-state index contributed by atoms with van der Waals surface area (Å²) in [5.41, 5.74) is 1.92. The first-order valence-electron chi connectivity index (χ1n) is 7.28. The lowest BCUT2D eigenvalue weighted by Gasteiger charge is -2.33. The third-order valence-corrected chi connectivity index (χ3v) is 6.38. The van der Waals surface area contributed by atoms with Gasteiger partial charge in [-0.3, -0.25) is 4.79 Å². The molecule has 2 aliphatic rings. The van der Waals surface area contributed by atoms with Gasteiger partial charge in [0.1, 0.15) is 6.04 Å². The first kappa shape index (κ1) is 14.9. The van der Waals surface area contributed by atoms with E-state index in [2.05, 4.69) is 6.92 Å². The van der Waals surface area contributed by atoms with Crippen molar-refractivity contribution in [3.8, 4) is 0 Å². The Hall–Kier alpha value is -1.01. The molecule has 0 saturated carbocycles. The number of aliphatic carboxylic acids is 1. The van der Waals surface area contributed by atoms with Crippen LogP contribution < -0.4 is 0 Å².